The predicted molar refractivity (Wildman–Crippen MR) is 138 cm³/mol. The first-order valence-corrected chi connectivity index (χ1v) is 13.3. The van der Waals surface area contributed by atoms with Gasteiger partial charge < -0.3 is 14.5 Å². The SMILES string of the molecule is COCCC1CCN(c2cc(N3CCC[C@H]3C(=O)CCCc3ccc(C#N)cc3)nc(C(F)(F)F)n2)CC1. The topological polar surface area (TPSA) is 82.4 Å². The molecule has 2 aliphatic heterocycles. The van der Waals surface area contributed by atoms with Crippen LogP contribution < -0.4 is 9.80 Å². The Morgan fingerprint density at radius 3 is 2.47 bits per heavy atom. The van der Waals surface area contributed by atoms with E-state index in [1.165, 1.54) is 0 Å². The number of hydrogen-bond donors (Lipinski definition) is 0. The van der Waals surface area contributed by atoms with Gasteiger partial charge in [-0.3, -0.25) is 4.79 Å². The molecular weight excluding hydrogens is 495 g/mol. The second-order valence-electron chi connectivity index (χ2n) is 10.1. The van der Waals surface area contributed by atoms with E-state index in [9.17, 15) is 18.0 Å². The summed E-state index contributed by atoms with van der Waals surface area (Å²) in [6, 6.07) is 10.5. The van der Waals surface area contributed by atoms with E-state index in [0.29, 0.717) is 63.4 Å². The average molecular weight is 530 g/mol. The number of ketones is 1. The lowest BCUT2D eigenvalue weighted by atomic mass is 9.94. The van der Waals surface area contributed by atoms with E-state index >= 15 is 0 Å². The van der Waals surface area contributed by atoms with Crippen molar-refractivity contribution in [3.63, 3.8) is 0 Å². The van der Waals surface area contributed by atoms with E-state index in [4.69, 9.17) is 10.00 Å². The largest absolute Gasteiger partial charge is 0.451 e. The molecule has 0 amide bonds. The van der Waals surface area contributed by atoms with E-state index in [2.05, 4.69) is 16.0 Å². The van der Waals surface area contributed by atoms with Crippen LogP contribution in [0.25, 0.3) is 0 Å². The van der Waals surface area contributed by atoms with Gasteiger partial charge in [-0.05, 0) is 68.6 Å². The van der Waals surface area contributed by atoms with E-state index in [1.807, 2.05) is 17.0 Å². The number of nitrogens with zero attached hydrogens (tertiary/aromatic N) is 5. The lowest BCUT2D eigenvalue weighted by molar-refractivity contribution is -0.144. The van der Waals surface area contributed by atoms with Crippen molar-refractivity contribution >= 4 is 17.4 Å². The number of piperidine rings is 1. The molecule has 0 N–H and O–H groups in total. The molecular formula is C28H34F3N5O2. The number of aromatic nitrogens is 2. The normalized spacial score (nSPS) is 18.6. The average Bonchev–Trinajstić information content (AvgIpc) is 3.42. The van der Waals surface area contributed by atoms with Gasteiger partial charge in [0.25, 0.3) is 0 Å². The smallest absolute Gasteiger partial charge is 0.385 e. The second kappa shape index (κ2) is 12.6. The molecule has 10 heteroatoms. The molecule has 2 saturated heterocycles. The van der Waals surface area contributed by atoms with Gasteiger partial charge in [0.1, 0.15) is 11.6 Å². The lowest BCUT2D eigenvalue weighted by Gasteiger charge is -2.34. The number of rotatable bonds is 10. The standard InChI is InChI=1S/C28H34F3N5O2/c1-38-17-13-21-11-15-35(16-12-21)25-18-26(34-27(33-25)28(29,30)31)36-14-3-5-23(36)24(37)6-2-4-20-7-9-22(19-32)10-8-20/h7-10,18,21,23H,2-6,11-17H2,1H3/t23-/m0/s1. The maximum Gasteiger partial charge on any atom is 0.451 e. The van der Waals surface area contributed by atoms with Crippen LogP contribution in [0.4, 0.5) is 24.8 Å². The minimum absolute atomic E-state index is 0.0174. The quantitative estimate of drug-likeness (QED) is 0.419. The van der Waals surface area contributed by atoms with E-state index < -0.39 is 18.0 Å². The third kappa shape index (κ3) is 7.01. The van der Waals surface area contributed by atoms with Crippen LogP contribution >= 0.6 is 0 Å². The Morgan fingerprint density at radius 1 is 1.11 bits per heavy atom. The first-order valence-electron chi connectivity index (χ1n) is 13.3. The Hall–Kier alpha value is -3.19. The number of nitriles is 1. The minimum Gasteiger partial charge on any atom is -0.385 e. The van der Waals surface area contributed by atoms with Gasteiger partial charge in [0.15, 0.2) is 5.78 Å². The highest BCUT2D eigenvalue weighted by molar-refractivity contribution is 5.87. The minimum atomic E-state index is -4.68. The van der Waals surface area contributed by atoms with Crippen molar-refractivity contribution < 1.29 is 22.7 Å². The molecule has 0 saturated carbocycles. The molecule has 0 bridgehead atoms. The van der Waals surface area contributed by atoms with Gasteiger partial charge in [-0.15, -0.1) is 0 Å². The number of anilines is 2. The fourth-order valence-corrected chi connectivity index (χ4v) is 5.35. The van der Waals surface area contributed by atoms with Crippen LogP contribution in [0.15, 0.2) is 30.3 Å². The summed E-state index contributed by atoms with van der Waals surface area (Å²) in [4.78, 5) is 24.5. The van der Waals surface area contributed by atoms with Crippen LogP contribution in [0, 0.1) is 17.2 Å². The molecule has 0 aliphatic carbocycles. The van der Waals surface area contributed by atoms with Crippen LogP contribution in [0.1, 0.15) is 61.9 Å². The molecule has 1 atom stereocenters. The van der Waals surface area contributed by atoms with Crippen molar-refractivity contribution in [1.82, 2.24) is 9.97 Å². The van der Waals surface area contributed by atoms with Crippen molar-refractivity contribution in [2.75, 3.05) is 43.2 Å². The highest BCUT2D eigenvalue weighted by Gasteiger charge is 2.38. The van der Waals surface area contributed by atoms with Gasteiger partial charge >= 0.3 is 6.18 Å². The third-order valence-corrected chi connectivity index (χ3v) is 7.51. The van der Waals surface area contributed by atoms with Gasteiger partial charge in [-0.1, -0.05) is 12.1 Å². The molecule has 0 unspecified atom stereocenters. The van der Waals surface area contributed by atoms with Crippen molar-refractivity contribution in [3.05, 3.63) is 47.3 Å². The second-order valence-corrected chi connectivity index (χ2v) is 10.1. The highest BCUT2D eigenvalue weighted by atomic mass is 19.4. The number of aryl methyl sites for hydroxylation is 1. The predicted octanol–water partition coefficient (Wildman–Crippen LogP) is 5.18. The molecule has 4 rings (SSSR count). The highest BCUT2D eigenvalue weighted by Crippen LogP contribution is 2.34. The zero-order valence-electron chi connectivity index (χ0n) is 21.7. The molecule has 3 heterocycles. The number of Topliss-reactive ketones (excluding diaryl/α,β-unsaturated/α-hetero) is 1. The third-order valence-electron chi connectivity index (χ3n) is 7.51. The van der Waals surface area contributed by atoms with E-state index in [-0.39, 0.29) is 17.4 Å². The number of ether oxygens (including phenoxy) is 1. The summed E-state index contributed by atoms with van der Waals surface area (Å²) in [6.45, 7) is 2.41. The monoisotopic (exact) mass is 529 g/mol. The molecule has 1 aromatic carbocycles. The number of carbonyl (C=O) groups excluding carboxylic acids is 1. The summed E-state index contributed by atoms with van der Waals surface area (Å²) in [6.07, 6.45) is 0.982. The fourth-order valence-electron chi connectivity index (χ4n) is 5.35. The van der Waals surface area contributed by atoms with Crippen molar-refractivity contribution in [3.8, 4) is 6.07 Å². The van der Waals surface area contributed by atoms with Crippen LogP contribution in [0.2, 0.25) is 0 Å². The molecule has 1 aromatic heterocycles. The Kier molecular flexibility index (Phi) is 9.21. The summed E-state index contributed by atoms with van der Waals surface area (Å²) in [5.74, 6) is -0.216. The lowest BCUT2D eigenvalue weighted by Crippen LogP contribution is -2.38. The van der Waals surface area contributed by atoms with Crippen LogP contribution in [0.5, 0.6) is 0 Å². The molecule has 2 aromatic rings. The van der Waals surface area contributed by atoms with Crippen molar-refractivity contribution in [2.24, 2.45) is 5.92 Å². The van der Waals surface area contributed by atoms with Crippen LogP contribution in [-0.4, -0.2) is 55.1 Å². The number of alkyl halides is 3. The van der Waals surface area contributed by atoms with E-state index in [0.717, 1.165) is 31.2 Å². The molecule has 204 valence electrons. The maximum absolute atomic E-state index is 13.8. The number of benzene rings is 1. The summed E-state index contributed by atoms with van der Waals surface area (Å²) in [5.41, 5.74) is 1.63. The molecule has 2 fully saturated rings. The van der Waals surface area contributed by atoms with Crippen molar-refractivity contribution in [2.45, 2.75) is 63.6 Å². The van der Waals surface area contributed by atoms with Crippen molar-refractivity contribution in [1.29, 1.82) is 5.26 Å². The Balaban J connectivity index is 1.45. The summed E-state index contributed by atoms with van der Waals surface area (Å²) >= 11 is 0. The molecule has 38 heavy (non-hydrogen) atoms. The van der Waals surface area contributed by atoms with Crippen LogP contribution in [0.3, 0.4) is 0 Å². The Labute approximate surface area is 221 Å². The molecule has 2 aliphatic rings. The first-order chi connectivity index (χ1) is 18.3. The Bertz CT molecular complexity index is 1120. The Morgan fingerprint density at radius 2 is 1.82 bits per heavy atom. The number of carbonyl (C=O) groups is 1. The van der Waals surface area contributed by atoms with Crippen LogP contribution in [-0.2, 0) is 22.1 Å². The molecule has 0 radical (unpaired) electrons. The zero-order valence-corrected chi connectivity index (χ0v) is 21.7. The molecule has 0 spiro atoms. The summed E-state index contributed by atoms with van der Waals surface area (Å²) < 4.78 is 46.5. The van der Waals surface area contributed by atoms with Gasteiger partial charge in [0.05, 0.1) is 17.7 Å². The van der Waals surface area contributed by atoms with Gasteiger partial charge in [0, 0.05) is 45.8 Å². The van der Waals surface area contributed by atoms with Gasteiger partial charge in [-0.25, -0.2) is 9.97 Å². The fraction of sp³-hybridized carbons (Fsp3) is 0.571. The number of halogens is 3. The number of methoxy groups -OCH3 is 1. The van der Waals surface area contributed by atoms with Gasteiger partial charge in [-0.2, -0.15) is 18.4 Å². The first kappa shape index (κ1) is 27.8. The van der Waals surface area contributed by atoms with E-state index in [1.54, 1.807) is 30.2 Å². The van der Waals surface area contributed by atoms with Gasteiger partial charge in [0.2, 0.25) is 5.82 Å². The summed E-state index contributed by atoms with van der Waals surface area (Å²) in [7, 11) is 1.67. The summed E-state index contributed by atoms with van der Waals surface area (Å²) in [5, 5.41) is 8.93. The molecule has 7 nitrogen and oxygen atoms in total. The maximum atomic E-state index is 13.8. The number of hydrogen-bond acceptors (Lipinski definition) is 7. The zero-order chi connectivity index (χ0) is 27.1.